The standard InChI is InChI=1S/C28H44O6/c1-17(12-8-14-19(3)27(32)33)10-7-11-18(2)13-9-15-28(6)16-22(29)23-20(4)24(30)25(31)21(5)26(23)34-28/h17-19,30-31H,7-16H2,1-6H3,(H,32,33)/t17-,18+,19-,28+/m0/s1. The molecule has 0 unspecified atom stereocenters. The molecule has 0 radical (unpaired) electrons. The van der Waals surface area contributed by atoms with Gasteiger partial charge in [-0.3, -0.25) is 9.59 Å². The first kappa shape index (κ1) is 28.0. The predicted molar refractivity (Wildman–Crippen MR) is 134 cm³/mol. The number of hydrogen-bond donors (Lipinski definition) is 3. The highest BCUT2D eigenvalue weighted by molar-refractivity contribution is 6.03. The molecular formula is C28H44O6. The maximum absolute atomic E-state index is 12.9. The number of rotatable bonds is 13. The lowest BCUT2D eigenvalue weighted by Gasteiger charge is -2.37. The first-order chi connectivity index (χ1) is 15.9. The number of carbonyl (C=O) groups excluding carboxylic acids is 1. The lowest BCUT2D eigenvalue weighted by Crippen LogP contribution is -2.39. The van der Waals surface area contributed by atoms with E-state index in [1.807, 2.05) is 6.92 Å². The summed E-state index contributed by atoms with van der Waals surface area (Å²) >= 11 is 0. The summed E-state index contributed by atoms with van der Waals surface area (Å²) in [6, 6.07) is 0. The summed E-state index contributed by atoms with van der Waals surface area (Å²) in [5.74, 6) is 0.172. The van der Waals surface area contributed by atoms with Crippen LogP contribution in [-0.4, -0.2) is 32.7 Å². The number of phenols is 2. The van der Waals surface area contributed by atoms with Crippen molar-refractivity contribution in [2.45, 2.75) is 111 Å². The van der Waals surface area contributed by atoms with E-state index < -0.39 is 11.6 Å². The number of carboxylic acids is 1. The molecule has 1 aliphatic heterocycles. The Bertz CT molecular complexity index is 876. The molecule has 6 nitrogen and oxygen atoms in total. The van der Waals surface area contributed by atoms with Crippen LogP contribution in [0.1, 0.15) is 113 Å². The summed E-state index contributed by atoms with van der Waals surface area (Å²) in [5, 5.41) is 29.3. The van der Waals surface area contributed by atoms with Gasteiger partial charge in [0.2, 0.25) is 0 Å². The van der Waals surface area contributed by atoms with Gasteiger partial charge in [-0.25, -0.2) is 0 Å². The topological polar surface area (TPSA) is 104 Å². The second-order valence-corrected chi connectivity index (χ2v) is 11.0. The van der Waals surface area contributed by atoms with E-state index in [0.717, 1.165) is 38.5 Å². The van der Waals surface area contributed by atoms with Crippen LogP contribution in [0.5, 0.6) is 17.2 Å². The molecule has 1 aromatic rings. The van der Waals surface area contributed by atoms with Gasteiger partial charge in [0.1, 0.15) is 11.4 Å². The molecule has 0 saturated carbocycles. The van der Waals surface area contributed by atoms with Gasteiger partial charge in [-0.1, -0.05) is 59.3 Å². The lowest BCUT2D eigenvalue weighted by atomic mass is 9.83. The molecule has 0 bridgehead atoms. The number of aliphatic carboxylic acids is 1. The third-order valence-electron chi connectivity index (χ3n) is 7.59. The fraction of sp³-hybridized carbons (Fsp3) is 0.714. The average Bonchev–Trinajstić information content (AvgIpc) is 2.75. The van der Waals surface area contributed by atoms with Crippen molar-refractivity contribution in [3.63, 3.8) is 0 Å². The Kier molecular flexibility index (Phi) is 9.84. The third-order valence-corrected chi connectivity index (χ3v) is 7.59. The van der Waals surface area contributed by atoms with E-state index in [0.29, 0.717) is 34.3 Å². The number of ketones is 1. The van der Waals surface area contributed by atoms with Crippen LogP contribution >= 0.6 is 0 Å². The molecule has 0 aliphatic carbocycles. The molecule has 0 amide bonds. The summed E-state index contributed by atoms with van der Waals surface area (Å²) in [7, 11) is 0. The van der Waals surface area contributed by atoms with E-state index >= 15 is 0 Å². The zero-order valence-electron chi connectivity index (χ0n) is 21.9. The van der Waals surface area contributed by atoms with E-state index in [4.69, 9.17) is 9.84 Å². The first-order valence-electron chi connectivity index (χ1n) is 12.9. The van der Waals surface area contributed by atoms with Crippen LogP contribution in [0, 0.1) is 31.6 Å². The summed E-state index contributed by atoms with van der Waals surface area (Å²) in [6.45, 7) is 11.6. The summed E-state index contributed by atoms with van der Waals surface area (Å²) in [4.78, 5) is 23.8. The number of hydrogen-bond acceptors (Lipinski definition) is 5. The minimum absolute atomic E-state index is 0.0422. The van der Waals surface area contributed by atoms with E-state index in [2.05, 4.69) is 13.8 Å². The Morgan fingerprint density at radius 1 is 0.912 bits per heavy atom. The Labute approximate surface area is 204 Å². The summed E-state index contributed by atoms with van der Waals surface area (Å²) in [6.07, 6.45) is 9.41. The molecule has 3 N–H and O–H groups in total. The van der Waals surface area contributed by atoms with Gasteiger partial charge in [0.25, 0.3) is 0 Å². The SMILES string of the molecule is Cc1c(O)c(O)c(C)c2c1O[C@](C)(CCC[C@H](C)CCC[C@H](C)CCC[C@H](C)C(=O)O)CC2=O. The average molecular weight is 477 g/mol. The van der Waals surface area contributed by atoms with E-state index in [1.165, 1.54) is 19.3 Å². The van der Waals surface area contributed by atoms with Crippen LogP contribution in [0.15, 0.2) is 0 Å². The molecule has 0 aromatic heterocycles. The highest BCUT2D eigenvalue weighted by Gasteiger charge is 2.39. The third kappa shape index (κ3) is 7.13. The van der Waals surface area contributed by atoms with Crippen molar-refractivity contribution in [3.05, 3.63) is 16.7 Å². The van der Waals surface area contributed by atoms with Crippen LogP contribution in [0.2, 0.25) is 0 Å². The van der Waals surface area contributed by atoms with Crippen molar-refractivity contribution in [3.8, 4) is 17.2 Å². The molecule has 4 atom stereocenters. The van der Waals surface area contributed by atoms with Gasteiger partial charge >= 0.3 is 5.97 Å². The molecule has 1 aromatic carbocycles. The Morgan fingerprint density at radius 2 is 1.41 bits per heavy atom. The Balaban J connectivity index is 1.76. The zero-order valence-corrected chi connectivity index (χ0v) is 21.9. The summed E-state index contributed by atoms with van der Waals surface area (Å²) < 4.78 is 6.27. The van der Waals surface area contributed by atoms with Crippen molar-refractivity contribution in [1.29, 1.82) is 0 Å². The van der Waals surface area contributed by atoms with Crippen LogP contribution in [0.25, 0.3) is 0 Å². The number of ether oxygens (including phenoxy) is 1. The number of phenolic OH excluding ortho intramolecular Hbond substituents is 2. The largest absolute Gasteiger partial charge is 0.504 e. The number of carboxylic acid groups (broad SMARTS) is 1. The van der Waals surface area contributed by atoms with E-state index in [-0.39, 0.29) is 29.6 Å². The van der Waals surface area contributed by atoms with Crippen LogP contribution in [-0.2, 0) is 4.79 Å². The Hall–Kier alpha value is -2.24. The maximum atomic E-state index is 12.9. The molecule has 0 saturated heterocycles. The second-order valence-electron chi connectivity index (χ2n) is 11.0. The number of aromatic hydroxyl groups is 2. The fourth-order valence-corrected chi connectivity index (χ4v) is 5.08. The van der Waals surface area contributed by atoms with Gasteiger partial charge in [-0.15, -0.1) is 0 Å². The molecule has 2 rings (SSSR count). The molecule has 0 spiro atoms. The van der Waals surface area contributed by atoms with Crippen LogP contribution in [0.3, 0.4) is 0 Å². The van der Waals surface area contributed by atoms with Gasteiger partial charge in [0.05, 0.1) is 17.9 Å². The molecule has 1 heterocycles. The normalized spacial score (nSPS) is 20.4. The van der Waals surface area contributed by atoms with Gasteiger partial charge in [0.15, 0.2) is 17.3 Å². The van der Waals surface area contributed by atoms with Crippen LogP contribution in [0.4, 0.5) is 0 Å². The first-order valence-corrected chi connectivity index (χ1v) is 12.9. The molecule has 34 heavy (non-hydrogen) atoms. The van der Waals surface area contributed by atoms with Crippen molar-refractivity contribution in [1.82, 2.24) is 0 Å². The van der Waals surface area contributed by atoms with Crippen molar-refractivity contribution in [2.75, 3.05) is 0 Å². The minimum Gasteiger partial charge on any atom is -0.504 e. The lowest BCUT2D eigenvalue weighted by molar-refractivity contribution is -0.141. The van der Waals surface area contributed by atoms with Gasteiger partial charge in [-0.05, 0) is 51.9 Å². The smallest absolute Gasteiger partial charge is 0.306 e. The maximum Gasteiger partial charge on any atom is 0.306 e. The highest BCUT2D eigenvalue weighted by atomic mass is 16.5. The van der Waals surface area contributed by atoms with Crippen molar-refractivity contribution in [2.24, 2.45) is 17.8 Å². The fourth-order valence-electron chi connectivity index (χ4n) is 5.08. The molecular weight excluding hydrogens is 432 g/mol. The number of benzene rings is 1. The molecule has 192 valence electrons. The number of carbonyl (C=O) groups is 2. The van der Waals surface area contributed by atoms with E-state index in [1.54, 1.807) is 20.8 Å². The van der Waals surface area contributed by atoms with Gasteiger partial charge < -0.3 is 20.1 Å². The van der Waals surface area contributed by atoms with Gasteiger partial charge in [0, 0.05) is 11.1 Å². The number of Topliss-reactive ketones (excluding diaryl/α,β-unsaturated/α-hetero) is 1. The second kappa shape index (κ2) is 11.9. The molecule has 1 aliphatic rings. The van der Waals surface area contributed by atoms with Crippen molar-refractivity contribution < 1.29 is 29.6 Å². The monoisotopic (exact) mass is 476 g/mol. The predicted octanol–water partition coefficient (Wildman–Crippen LogP) is 6.94. The summed E-state index contributed by atoms with van der Waals surface area (Å²) in [5.41, 5.74) is 0.582. The highest BCUT2D eigenvalue weighted by Crippen LogP contribution is 2.47. The number of fused-ring (bicyclic) bond motifs is 1. The Morgan fingerprint density at radius 3 is 1.97 bits per heavy atom. The van der Waals surface area contributed by atoms with Crippen LogP contribution < -0.4 is 4.74 Å². The van der Waals surface area contributed by atoms with Gasteiger partial charge in [-0.2, -0.15) is 0 Å². The minimum atomic E-state index is -0.703. The quantitative estimate of drug-likeness (QED) is 0.266. The molecule has 6 heteroatoms. The zero-order chi connectivity index (χ0) is 25.6. The van der Waals surface area contributed by atoms with E-state index in [9.17, 15) is 19.8 Å². The molecule has 0 fully saturated rings. The van der Waals surface area contributed by atoms with Crippen molar-refractivity contribution >= 4 is 11.8 Å².